The van der Waals surface area contributed by atoms with Gasteiger partial charge in [-0.05, 0) is 34.1 Å². The van der Waals surface area contributed by atoms with Gasteiger partial charge in [0.1, 0.15) is 0 Å². The van der Waals surface area contributed by atoms with Gasteiger partial charge in [0.25, 0.3) is 5.91 Å². The number of rotatable bonds is 8. The minimum Gasteiger partial charge on any atom is -0.344 e. The third-order valence-corrected chi connectivity index (χ3v) is 6.30. The molecule has 1 N–H and O–H groups in total. The van der Waals surface area contributed by atoms with Crippen molar-refractivity contribution >= 4 is 25.9 Å². The fourth-order valence-corrected chi connectivity index (χ4v) is 3.47. The zero-order valence-electron chi connectivity index (χ0n) is 18.5. The zero-order valence-corrected chi connectivity index (χ0v) is 18.5. The molecule has 0 aliphatic carbocycles. The molecule has 0 heterocycles. The Kier molecular flexibility index (Phi) is 6.98. The Morgan fingerprint density at radius 3 is 1.73 bits per heavy atom. The maximum atomic E-state index is 13.4. The van der Waals surface area contributed by atoms with E-state index in [1.165, 1.54) is 0 Å². The van der Waals surface area contributed by atoms with Crippen LogP contribution in [0.2, 0.25) is 5.31 Å². The van der Waals surface area contributed by atoms with E-state index in [1.807, 2.05) is 69.2 Å². The maximum absolute atomic E-state index is 13.4. The Morgan fingerprint density at radius 2 is 1.38 bits per heavy atom. The molecule has 0 saturated carbocycles. The lowest BCUT2D eigenvalue weighted by atomic mass is 9.57. The van der Waals surface area contributed by atoms with Gasteiger partial charge in [0, 0.05) is 23.5 Å². The van der Waals surface area contributed by atoms with Gasteiger partial charge in [0.05, 0.1) is 13.3 Å². The third kappa shape index (κ3) is 5.11. The second-order valence-corrected chi connectivity index (χ2v) is 10.3. The highest BCUT2D eigenvalue weighted by Crippen LogP contribution is 2.48. The van der Waals surface area contributed by atoms with Gasteiger partial charge < -0.3 is 10.2 Å². The normalized spacial score (nSPS) is 14.0. The van der Waals surface area contributed by atoms with E-state index in [4.69, 9.17) is 7.85 Å². The van der Waals surface area contributed by atoms with Crippen molar-refractivity contribution in [3.8, 4) is 0 Å². The highest BCUT2D eigenvalue weighted by Gasteiger charge is 2.54. The Morgan fingerprint density at radius 1 is 0.962 bits per heavy atom. The number of hydrogen-bond acceptors (Lipinski definition) is 3. The number of nitrogens with zero attached hydrogens (tertiary/aromatic N) is 1. The van der Waals surface area contributed by atoms with Crippen LogP contribution in [0, 0.1) is 10.8 Å². The first kappa shape index (κ1) is 24.7. The van der Waals surface area contributed by atoms with Gasteiger partial charge in [-0.2, -0.15) is 0 Å². The first-order chi connectivity index (χ1) is 11.2. The number of carbonyl (C=O) groups is 3. The van der Waals surface area contributed by atoms with E-state index in [0.29, 0.717) is 6.42 Å². The van der Waals surface area contributed by atoms with Gasteiger partial charge in [-0.1, -0.05) is 46.9 Å². The van der Waals surface area contributed by atoms with Crippen molar-refractivity contribution in [2.24, 2.45) is 10.8 Å². The van der Waals surface area contributed by atoms with Crippen molar-refractivity contribution in [1.29, 1.82) is 0 Å². The molecule has 0 fully saturated rings. The minimum absolute atomic E-state index is 0.0369. The molecule has 148 valence electrons. The van der Waals surface area contributed by atoms with Crippen LogP contribution >= 0.6 is 0 Å². The summed E-state index contributed by atoms with van der Waals surface area (Å²) in [6.45, 7) is 19.2. The number of amides is 2. The molecule has 5 nitrogen and oxygen atoms in total. The molecular formula is C20H37BN2O3. The van der Waals surface area contributed by atoms with Crippen LogP contribution in [0.15, 0.2) is 0 Å². The Balaban J connectivity index is 5.80. The molecular weight excluding hydrogens is 327 g/mol. The van der Waals surface area contributed by atoms with Crippen molar-refractivity contribution in [3.05, 3.63) is 0 Å². The first-order valence-electron chi connectivity index (χ1n) is 9.07. The molecule has 0 unspecified atom stereocenters. The topological polar surface area (TPSA) is 66.5 Å². The van der Waals surface area contributed by atoms with Gasteiger partial charge in [-0.25, -0.2) is 0 Å². The Hall–Kier alpha value is -1.33. The zero-order chi connectivity index (χ0) is 21.4. The number of aldehydes is 1. The molecule has 0 aromatic rings. The summed E-state index contributed by atoms with van der Waals surface area (Å²) in [7, 11) is 7.97. The second-order valence-electron chi connectivity index (χ2n) is 10.3. The molecule has 0 aromatic heterocycles. The monoisotopic (exact) mass is 364 g/mol. The summed E-state index contributed by atoms with van der Waals surface area (Å²) in [5.74, 6) is -0.727. The van der Waals surface area contributed by atoms with E-state index in [9.17, 15) is 14.4 Å². The second kappa shape index (κ2) is 7.36. The van der Waals surface area contributed by atoms with Gasteiger partial charge in [0.2, 0.25) is 12.2 Å². The van der Waals surface area contributed by atoms with Crippen molar-refractivity contribution < 1.29 is 14.4 Å². The highest BCUT2D eigenvalue weighted by molar-refractivity contribution is 6.23. The van der Waals surface area contributed by atoms with Crippen molar-refractivity contribution in [3.63, 3.8) is 0 Å². The largest absolute Gasteiger partial charge is 0.344 e. The SMILES string of the molecule is [B]C(C)(C)CC(C)(C)N(C)C(=O)C(C)(C)C(C)(C)C(C)(C)NC(=O)C=O. The molecule has 0 bridgehead atoms. The molecule has 0 aromatic carbocycles. The van der Waals surface area contributed by atoms with Crippen LogP contribution in [0.25, 0.3) is 0 Å². The van der Waals surface area contributed by atoms with Gasteiger partial charge >= 0.3 is 0 Å². The minimum atomic E-state index is -0.808. The molecule has 0 atom stereocenters. The van der Waals surface area contributed by atoms with E-state index in [2.05, 4.69) is 5.32 Å². The predicted molar refractivity (Wildman–Crippen MR) is 107 cm³/mol. The molecule has 0 spiro atoms. The van der Waals surface area contributed by atoms with E-state index in [-0.39, 0.29) is 12.2 Å². The number of carbonyl (C=O) groups excluding carboxylic acids is 3. The number of hydrogen-bond donors (Lipinski definition) is 1. The van der Waals surface area contributed by atoms with Gasteiger partial charge in [-0.15, -0.1) is 0 Å². The van der Waals surface area contributed by atoms with Gasteiger partial charge in [0.15, 0.2) is 0 Å². The summed E-state index contributed by atoms with van der Waals surface area (Å²) in [6.07, 6.45) is 0.898. The summed E-state index contributed by atoms with van der Waals surface area (Å²) in [4.78, 5) is 37.6. The standard InChI is InChI=1S/C20H37BN2O3/c1-16(2,21)13-17(3,4)23(11)15(26)18(5,6)19(7,8)20(9,10)22-14(25)12-24/h12H,13H2,1-11H3,(H,22,25). The summed E-state index contributed by atoms with van der Waals surface area (Å²) < 4.78 is 0. The van der Waals surface area contributed by atoms with Gasteiger partial charge in [-0.3, -0.25) is 14.4 Å². The van der Waals surface area contributed by atoms with Crippen LogP contribution in [0.5, 0.6) is 0 Å². The molecule has 2 amide bonds. The summed E-state index contributed by atoms with van der Waals surface area (Å²) in [5.41, 5.74) is -2.66. The van der Waals surface area contributed by atoms with Crippen LogP contribution < -0.4 is 5.32 Å². The van der Waals surface area contributed by atoms with Crippen molar-refractivity contribution in [2.45, 2.75) is 92.1 Å². The molecule has 0 rings (SSSR count). The average molecular weight is 364 g/mol. The molecule has 0 aliphatic rings. The lowest BCUT2D eigenvalue weighted by Gasteiger charge is -2.53. The average Bonchev–Trinajstić information content (AvgIpc) is 2.41. The predicted octanol–water partition coefficient (Wildman–Crippen LogP) is 3.13. The van der Waals surface area contributed by atoms with Crippen molar-refractivity contribution in [2.75, 3.05) is 7.05 Å². The summed E-state index contributed by atoms with van der Waals surface area (Å²) in [6, 6.07) is 0. The van der Waals surface area contributed by atoms with Crippen LogP contribution in [0.3, 0.4) is 0 Å². The van der Waals surface area contributed by atoms with E-state index in [1.54, 1.807) is 11.9 Å². The maximum Gasteiger partial charge on any atom is 0.284 e. The van der Waals surface area contributed by atoms with E-state index in [0.717, 1.165) is 0 Å². The highest BCUT2D eigenvalue weighted by atomic mass is 16.2. The first-order valence-corrected chi connectivity index (χ1v) is 9.07. The molecule has 26 heavy (non-hydrogen) atoms. The molecule has 0 saturated heterocycles. The van der Waals surface area contributed by atoms with Crippen LogP contribution in [0.1, 0.15) is 75.7 Å². The van der Waals surface area contributed by atoms with Crippen molar-refractivity contribution in [1.82, 2.24) is 10.2 Å². The molecule has 6 heteroatoms. The summed E-state index contributed by atoms with van der Waals surface area (Å²) in [5, 5.41) is 2.32. The quantitative estimate of drug-likeness (QED) is 0.409. The lowest BCUT2D eigenvalue weighted by Crippen LogP contribution is -2.64. The third-order valence-electron chi connectivity index (χ3n) is 6.30. The molecule has 0 aliphatic heterocycles. The number of nitrogens with one attached hydrogen (secondary N) is 1. The lowest BCUT2D eigenvalue weighted by molar-refractivity contribution is -0.156. The van der Waals surface area contributed by atoms with Crippen LogP contribution in [-0.4, -0.2) is 49.0 Å². The van der Waals surface area contributed by atoms with Crippen LogP contribution in [0.4, 0.5) is 0 Å². The van der Waals surface area contributed by atoms with Crippen LogP contribution in [-0.2, 0) is 14.4 Å². The fraction of sp³-hybridized carbons (Fsp3) is 0.850. The van der Waals surface area contributed by atoms with E-state index >= 15 is 0 Å². The summed E-state index contributed by atoms with van der Waals surface area (Å²) >= 11 is 0. The molecule has 2 radical (unpaired) electrons. The Labute approximate surface area is 161 Å². The Bertz CT molecular complexity index is 558. The van der Waals surface area contributed by atoms with E-state index < -0.39 is 33.1 Å². The fourth-order valence-electron chi connectivity index (χ4n) is 3.47. The smallest absolute Gasteiger partial charge is 0.284 e.